The summed E-state index contributed by atoms with van der Waals surface area (Å²) < 4.78 is 10.5. The van der Waals surface area contributed by atoms with Crippen LogP contribution in [0.1, 0.15) is 25.0 Å². The van der Waals surface area contributed by atoms with Crippen LogP contribution in [-0.4, -0.2) is 30.3 Å². The Kier molecular flexibility index (Phi) is 5.53. The van der Waals surface area contributed by atoms with E-state index in [0.717, 1.165) is 0 Å². The first-order chi connectivity index (χ1) is 9.01. The molecule has 1 unspecified atom stereocenters. The Morgan fingerprint density at radius 2 is 2.16 bits per heavy atom. The molecule has 106 valence electrons. The van der Waals surface area contributed by atoms with Crippen molar-refractivity contribution in [2.75, 3.05) is 20.3 Å². The first kappa shape index (κ1) is 15.2. The number of hydrogen-bond donors (Lipinski definition) is 2. The maximum atomic E-state index is 11.0. The summed E-state index contributed by atoms with van der Waals surface area (Å²) >= 11 is 0. The van der Waals surface area contributed by atoms with Gasteiger partial charge in [-0.2, -0.15) is 0 Å². The van der Waals surface area contributed by atoms with Gasteiger partial charge < -0.3 is 20.3 Å². The zero-order valence-corrected chi connectivity index (χ0v) is 11.0. The summed E-state index contributed by atoms with van der Waals surface area (Å²) in [6.45, 7) is 2.27. The smallest absolute Gasteiger partial charge is 0.279 e. The fourth-order valence-corrected chi connectivity index (χ4v) is 1.60. The minimum Gasteiger partial charge on any atom is -0.493 e. The standard InChI is InChI=1S/C12H18N2O5/c1-8(15)9-6-11(18-2)12(19-5-3-4-13)7-10(9)14(16)17/h6-8,15H,3-5,13H2,1-2H3. The molecular formula is C12H18N2O5. The topological polar surface area (TPSA) is 108 Å². The van der Waals surface area contributed by atoms with Gasteiger partial charge in [0.15, 0.2) is 11.5 Å². The summed E-state index contributed by atoms with van der Waals surface area (Å²) in [6.07, 6.45) is -0.331. The highest BCUT2D eigenvalue weighted by molar-refractivity contribution is 5.55. The third-order valence-electron chi connectivity index (χ3n) is 2.57. The Balaban J connectivity index is 3.16. The molecule has 0 radical (unpaired) electrons. The SMILES string of the molecule is COc1cc(C(C)O)c([N+](=O)[O-])cc1OCCCN. The Hall–Kier alpha value is -1.86. The molecule has 0 saturated heterocycles. The molecule has 3 N–H and O–H groups in total. The number of rotatable bonds is 7. The fourth-order valence-electron chi connectivity index (χ4n) is 1.60. The minimum absolute atomic E-state index is 0.188. The highest BCUT2D eigenvalue weighted by Gasteiger charge is 2.22. The number of methoxy groups -OCH3 is 1. The molecule has 0 heterocycles. The van der Waals surface area contributed by atoms with Gasteiger partial charge in [0.2, 0.25) is 0 Å². The Morgan fingerprint density at radius 1 is 1.47 bits per heavy atom. The van der Waals surface area contributed by atoms with Gasteiger partial charge in [0, 0.05) is 0 Å². The van der Waals surface area contributed by atoms with Crippen molar-refractivity contribution < 1.29 is 19.5 Å². The van der Waals surface area contributed by atoms with Crippen molar-refractivity contribution in [3.05, 3.63) is 27.8 Å². The predicted octanol–water partition coefficient (Wildman–Crippen LogP) is 1.38. The highest BCUT2D eigenvalue weighted by atomic mass is 16.6. The molecule has 7 heteroatoms. The average Bonchev–Trinajstić information content (AvgIpc) is 2.38. The first-order valence-corrected chi connectivity index (χ1v) is 5.88. The predicted molar refractivity (Wildman–Crippen MR) is 69.4 cm³/mol. The van der Waals surface area contributed by atoms with Gasteiger partial charge in [-0.15, -0.1) is 0 Å². The number of hydrogen-bond acceptors (Lipinski definition) is 6. The number of ether oxygens (including phenoxy) is 2. The molecule has 1 atom stereocenters. The van der Waals surface area contributed by atoms with Crippen molar-refractivity contribution in [1.29, 1.82) is 0 Å². The van der Waals surface area contributed by atoms with Crippen LogP contribution in [0.3, 0.4) is 0 Å². The molecular weight excluding hydrogens is 252 g/mol. The van der Waals surface area contributed by atoms with E-state index in [-0.39, 0.29) is 17.0 Å². The Morgan fingerprint density at radius 3 is 2.63 bits per heavy atom. The molecule has 1 aromatic carbocycles. The molecule has 0 bridgehead atoms. The summed E-state index contributed by atoms with van der Waals surface area (Å²) in [6, 6.07) is 2.68. The summed E-state index contributed by atoms with van der Waals surface area (Å²) in [5.41, 5.74) is 5.34. The van der Waals surface area contributed by atoms with Crippen LogP contribution >= 0.6 is 0 Å². The molecule has 19 heavy (non-hydrogen) atoms. The van der Waals surface area contributed by atoms with E-state index in [9.17, 15) is 15.2 Å². The second-order valence-electron chi connectivity index (χ2n) is 3.99. The number of nitro groups is 1. The average molecular weight is 270 g/mol. The largest absolute Gasteiger partial charge is 0.493 e. The fraction of sp³-hybridized carbons (Fsp3) is 0.500. The van der Waals surface area contributed by atoms with Crippen LogP contribution in [0.2, 0.25) is 0 Å². The molecule has 0 amide bonds. The van der Waals surface area contributed by atoms with Gasteiger partial charge in [-0.1, -0.05) is 0 Å². The number of nitro benzene ring substituents is 1. The van der Waals surface area contributed by atoms with Crippen LogP contribution < -0.4 is 15.2 Å². The number of nitrogens with two attached hydrogens (primary N) is 1. The van der Waals surface area contributed by atoms with Crippen molar-refractivity contribution >= 4 is 5.69 Å². The van der Waals surface area contributed by atoms with Gasteiger partial charge >= 0.3 is 0 Å². The Labute approximate surface area is 111 Å². The lowest BCUT2D eigenvalue weighted by Gasteiger charge is -2.13. The lowest BCUT2D eigenvalue weighted by Crippen LogP contribution is -2.08. The van der Waals surface area contributed by atoms with Gasteiger partial charge in [-0.3, -0.25) is 10.1 Å². The quantitative estimate of drug-likeness (QED) is 0.440. The molecule has 1 aromatic rings. The molecule has 0 saturated carbocycles. The second kappa shape index (κ2) is 6.91. The zero-order valence-electron chi connectivity index (χ0n) is 11.0. The molecule has 7 nitrogen and oxygen atoms in total. The van der Waals surface area contributed by atoms with Gasteiger partial charge in [0.1, 0.15) is 0 Å². The second-order valence-corrected chi connectivity index (χ2v) is 3.99. The van der Waals surface area contributed by atoms with Gasteiger partial charge in [-0.25, -0.2) is 0 Å². The minimum atomic E-state index is -0.965. The molecule has 0 aliphatic rings. The van der Waals surface area contributed by atoms with Gasteiger partial charge in [0.05, 0.1) is 36.4 Å². The normalized spacial score (nSPS) is 12.0. The molecule has 0 fully saturated rings. The molecule has 0 spiro atoms. The van der Waals surface area contributed by atoms with Gasteiger partial charge in [-0.05, 0) is 26.0 Å². The number of nitrogens with zero attached hydrogens (tertiary/aromatic N) is 1. The monoisotopic (exact) mass is 270 g/mol. The lowest BCUT2D eigenvalue weighted by molar-refractivity contribution is -0.386. The van der Waals surface area contributed by atoms with Crippen molar-refractivity contribution in [2.24, 2.45) is 5.73 Å². The van der Waals surface area contributed by atoms with Crippen LogP contribution in [0.5, 0.6) is 11.5 Å². The molecule has 1 rings (SSSR count). The van der Waals surface area contributed by atoms with Gasteiger partial charge in [0.25, 0.3) is 5.69 Å². The van der Waals surface area contributed by atoms with Crippen LogP contribution in [0.25, 0.3) is 0 Å². The summed E-state index contributed by atoms with van der Waals surface area (Å²) in [7, 11) is 1.43. The van der Waals surface area contributed by atoms with E-state index in [0.29, 0.717) is 25.3 Å². The van der Waals surface area contributed by atoms with Crippen molar-refractivity contribution in [3.8, 4) is 11.5 Å². The van der Waals surface area contributed by atoms with Crippen LogP contribution in [0, 0.1) is 10.1 Å². The van der Waals surface area contributed by atoms with Crippen LogP contribution in [0.4, 0.5) is 5.69 Å². The highest BCUT2D eigenvalue weighted by Crippen LogP contribution is 2.37. The van der Waals surface area contributed by atoms with E-state index in [1.165, 1.54) is 26.2 Å². The van der Waals surface area contributed by atoms with Crippen LogP contribution in [0.15, 0.2) is 12.1 Å². The Bertz CT molecular complexity index is 448. The number of benzene rings is 1. The van der Waals surface area contributed by atoms with E-state index in [4.69, 9.17) is 15.2 Å². The maximum absolute atomic E-state index is 11.0. The summed E-state index contributed by atoms with van der Waals surface area (Å²) in [5, 5.41) is 20.5. The summed E-state index contributed by atoms with van der Waals surface area (Å²) in [5.74, 6) is 0.616. The van der Waals surface area contributed by atoms with E-state index in [1.54, 1.807) is 0 Å². The summed E-state index contributed by atoms with van der Waals surface area (Å²) in [4.78, 5) is 10.4. The number of aliphatic hydroxyl groups is 1. The van der Waals surface area contributed by atoms with E-state index in [1.807, 2.05) is 0 Å². The lowest BCUT2D eigenvalue weighted by atomic mass is 10.1. The molecule has 0 aliphatic carbocycles. The van der Waals surface area contributed by atoms with E-state index >= 15 is 0 Å². The van der Waals surface area contributed by atoms with E-state index < -0.39 is 11.0 Å². The number of aliphatic hydroxyl groups excluding tert-OH is 1. The molecule has 0 aliphatic heterocycles. The zero-order chi connectivity index (χ0) is 14.4. The third kappa shape index (κ3) is 3.80. The van der Waals surface area contributed by atoms with Crippen LogP contribution in [-0.2, 0) is 0 Å². The first-order valence-electron chi connectivity index (χ1n) is 5.88. The third-order valence-corrected chi connectivity index (χ3v) is 2.57. The maximum Gasteiger partial charge on any atom is 0.279 e. The van der Waals surface area contributed by atoms with E-state index in [2.05, 4.69) is 0 Å². The molecule has 0 aromatic heterocycles. The van der Waals surface area contributed by atoms with Crippen molar-refractivity contribution in [3.63, 3.8) is 0 Å². The van der Waals surface area contributed by atoms with Crippen molar-refractivity contribution in [2.45, 2.75) is 19.4 Å². The van der Waals surface area contributed by atoms with Crippen molar-refractivity contribution in [1.82, 2.24) is 0 Å².